The van der Waals surface area contributed by atoms with Crippen molar-refractivity contribution in [1.29, 1.82) is 0 Å². The fourth-order valence-electron chi connectivity index (χ4n) is 4.18. The minimum atomic E-state index is -0.588. The van der Waals surface area contributed by atoms with E-state index in [4.69, 9.17) is 9.47 Å². The second-order valence-electron chi connectivity index (χ2n) is 9.15. The molecule has 3 rings (SSSR count). The number of benzene rings is 2. The molecule has 1 N–H and O–H groups in total. The summed E-state index contributed by atoms with van der Waals surface area (Å²) < 4.78 is 26.2. The molecule has 0 saturated heterocycles. The van der Waals surface area contributed by atoms with Gasteiger partial charge in [0.2, 0.25) is 5.91 Å². The number of halogens is 1. The Hall–Kier alpha value is -3.46. The maximum atomic E-state index is 14.5. The van der Waals surface area contributed by atoms with Crippen LogP contribution >= 0.6 is 0 Å². The van der Waals surface area contributed by atoms with E-state index in [0.717, 1.165) is 0 Å². The van der Waals surface area contributed by atoms with Gasteiger partial charge in [-0.15, -0.1) is 0 Å². The van der Waals surface area contributed by atoms with Gasteiger partial charge in [-0.2, -0.15) is 0 Å². The third-order valence-corrected chi connectivity index (χ3v) is 6.41. The standard InChI is InChI=1S/C27H34FN3O5/c1-6-25(32)29-19-11-12-23-21(13-19)26(33)30(4)15-24(35-5)17(2)14-31(18(3)16-36-23)27(34)20-9-7-8-10-22(20)28/h7-13,17-18,24H,6,14-16H2,1-5H3,(H,29,32)/t17-,18-,24-/m0/s1. The van der Waals surface area contributed by atoms with Crippen molar-refractivity contribution in [3.63, 3.8) is 0 Å². The highest BCUT2D eigenvalue weighted by atomic mass is 19.1. The molecule has 2 aromatic carbocycles. The van der Waals surface area contributed by atoms with Crippen molar-refractivity contribution in [2.45, 2.75) is 39.3 Å². The van der Waals surface area contributed by atoms with E-state index in [9.17, 15) is 18.8 Å². The minimum absolute atomic E-state index is 0.0124. The largest absolute Gasteiger partial charge is 0.491 e. The lowest BCUT2D eigenvalue weighted by atomic mass is 10.0. The van der Waals surface area contributed by atoms with Crippen LogP contribution in [0, 0.1) is 11.7 Å². The van der Waals surface area contributed by atoms with E-state index in [1.54, 1.807) is 56.3 Å². The molecule has 1 heterocycles. The molecular formula is C27H34FN3O5. The zero-order valence-corrected chi connectivity index (χ0v) is 21.4. The average molecular weight is 500 g/mol. The summed E-state index contributed by atoms with van der Waals surface area (Å²) in [7, 11) is 3.23. The van der Waals surface area contributed by atoms with E-state index in [0.29, 0.717) is 17.9 Å². The van der Waals surface area contributed by atoms with Crippen molar-refractivity contribution < 1.29 is 28.2 Å². The van der Waals surface area contributed by atoms with Gasteiger partial charge in [-0.25, -0.2) is 4.39 Å². The molecule has 0 aromatic heterocycles. The maximum absolute atomic E-state index is 14.5. The number of hydrogen-bond acceptors (Lipinski definition) is 5. The molecule has 1 aliphatic rings. The van der Waals surface area contributed by atoms with Crippen molar-refractivity contribution >= 4 is 23.4 Å². The van der Waals surface area contributed by atoms with E-state index < -0.39 is 17.8 Å². The van der Waals surface area contributed by atoms with Gasteiger partial charge < -0.3 is 24.6 Å². The molecule has 0 aliphatic carbocycles. The summed E-state index contributed by atoms with van der Waals surface area (Å²) in [5.41, 5.74) is 0.759. The summed E-state index contributed by atoms with van der Waals surface area (Å²) in [5.74, 6) is -1.32. The lowest BCUT2D eigenvalue weighted by molar-refractivity contribution is -0.115. The van der Waals surface area contributed by atoms with Crippen LogP contribution in [0.5, 0.6) is 5.75 Å². The Morgan fingerprint density at radius 1 is 1.17 bits per heavy atom. The molecule has 194 valence electrons. The number of carbonyl (C=O) groups is 3. The molecule has 9 heteroatoms. The molecule has 3 amide bonds. The SMILES string of the molecule is CCC(=O)Nc1ccc2c(c1)C(=O)N(C)C[C@H](OC)[C@@H](C)CN(C(=O)c1ccccc1F)[C@@H](C)CO2. The third-order valence-electron chi connectivity index (χ3n) is 6.41. The first-order chi connectivity index (χ1) is 17.2. The Kier molecular flexibility index (Phi) is 9.03. The summed E-state index contributed by atoms with van der Waals surface area (Å²) in [5, 5.41) is 2.77. The molecule has 36 heavy (non-hydrogen) atoms. The van der Waals surface area contributed by atoms with Crippen LogP contribution in [0.1, 0.15) is 47.9 Å². The molecule has 0 unspecified atom stereocenters. The number of nitrogens with zero attached hydrogens (tertiary/aromatic N) is 2. The van der Waals surface area contributed by atoms with Crippen molar-refractivity contribution in [2.75, 3.05) is 39.2 Å². The Labute approximate surface area is 211 Å². The van der Waals surface area contributed by atoms with E-state index in [2.05, 4.69) is 5.32 Å². The number of hydrogen-bond donors (Lipinski definition) is 1. The van der Waals surface area contributed by atoms with Crippen molar-refractivity contribution in [1.82, 2.24) is 9.80 Å². The fourth-order valence-corrected chi connectivity index (χ4v) is 4.18. The average Bonchev–Trinajstić information content (AvgIpc) is 2.87. The smallest absolute Gasteiger partial charge is 0.257 e. The fraction of sp³-hybridized carbons (Fsp3) is 0.444. The quantitative estimate of drug-likeness (QED) is 0.691. The minimum Gasteiger partial charge on any atom is -0.491 e. The van der Waals surface area contributed by atoms with Crippen LogP contribution in [0.3, 0.4) is 0 Å². The molecular weight excluding hydrogens is 465 g/mol. The van der Waals surface area contributed by atoms with Gasteiger partial charge in [-0.1, -0.05) is 26.0 Å². The number of likely N-dealkylation sites (N-methyl/N-ethyl adjacent to an activating group) is 1. The van der Waals surface area contributed by atoms with Crippen LogP contribution < -0.4 is 10.1 Å². The van der Waals surface area contributed by atoms with E-state index >= 15 is 0 Å². The van der Waals surface area contributed by atoms with E-state index in [1.807, 2.05) is 13.8 Å². The second-order valence-corrected chi connectivity index (χ2v) is 9.15. The Morgan fingerprint density at radius 2 is 1.89 bits per heavy atom. The number of amides is 3. The summed E-state index contributed by atoms with van der Waals surface area (Å²) in [6.07, 6.45) is -0.0769. The lowest BCUT2D eigenvalue weighted by Crippen LogP contribution is -2.48. The molecule has 0 bridgehead atoms. The van der Waals surface area contributed by atoms with Crippen LogP contribution in [0.15, 0.2) is 42.5 Å². The van der Waals surface area contributed by atoms with Crippen LogP contribution in [0.4, 0.5) is 10.1 Å². The third kappa shape index (κ3) is 6.20. The number of anilines is 1. The number of methoxy groups -OCH3 is 1. The zero-order chi connectivity index (χ0) is 26.4. The summed E-state index contributed by atoms with van der Waals surface area (Å²) in [6, 6.07) is 10.3. The monoisotopic (exact) mass is 499 g/mol. The molecule has 0 saturated carbocycles. The first kappa shape index (κ1) is 27.1. The van der Waals surface area contributed by atoms with Crippen molar-refractivity contribution in [3.8, 4) is 5.75 Å². The van der Waals surface area contributed by atoms with Gasteiger partial charge in [0.25, 0.3) is 11.8 Å². The maximum Gasteiger partial charge on any atom is 0.257 e. The highest BCUT2D eigenvalue weighted by Gasteiger charge is 2.31. The Bertz CT molecular complexity index is 1110. The van der Waals surface area contributed by atoms with Gasteiger partial charge >= 0.3 is 0 Å². The van der Waals surface area contributed by atoms with Crippen molar-refractivity contribution in [3.05, 3.63) is 59.4 Å². The number of fused-ring (bicyclic) bond motifs is 1. The van der Waals surface area contributed by atoms with Crippen LogP contribution in [-0.2, 0) is 9.53 Å². The zero-order valence-electron chi connectivity index (χ0n) is 21.4. The van der Waals surface area contributed by atoms with Crippen LogP contribution in [-0.4, -0.2) is 73.5 Å². The molecule has 0 radical (unpaired) electrons. The summed E-state index contributed by atoms with van der Waals surface area (Å²) in [6.45, 7) is 6.12. The van der Waals surface area contributed by atoms with Crippen molar-refractivity contribution in [2.24, 2.45) is 5.92 Å². The molecule has 1 aliphatic heterocycles. The number of rotatable bonds is 4. The molecule has 3 atom stereocenters. The Morgan fingerprint density at radius 3 is 2.56 bits per heavy atom. The van der Waals surface area contributed by atoms with Gasteiger partial charge in [0, 0.05) is 45.3 Å². The first-order valence-electron chi connectivity index (χ1n) is 12.1. The van der Waals surface area contributed by atoms with Gasteiger partial charge in [-0.3, -0.25) is 14.4 Å². The summed E-state index contributed by atoms with van der Waals surface area (Å²) >= 11 is 0. The highest BCUT2D eigenvalue weighted by Crippen LogP contribution is 2.27. The van der Waals surface area contributed by atoms with Gasteiger partial charge in [-0.05, 0) is 37.3 Å². The lowest BCUT2D eigenvalue weighted by Gasteiger charge is -2.36. The van der Waals surface area contributed by atoms with Crippen LogP contribution in [0.2, 0.25) is 0 Å². The van der Waals surface area contributed by atoms with Gasteiger partial charge in [0.1, 0.15) is 18.2 Å². The first-order valence-corrected chi connectivity index (χ1v) is 12.1. The van der Waals surface area contributed by atoms with E-state index in [1.165, 1.54) is 17.0 Å². The van der Waals surface area contributed by atoms with E-state index in [-0.39, 0.29) is 54.7 Å². The molecule has 0 spiro atoms. The molecule has 8 nitrogen and oxygen atoms in total. The summed E-state index contributed by atoms with van der Waals surface area (Å²) in [4.78, 5) is 41.8. The molecule has 2 aromatic rings. The predicted octanol–water partition coefficient (Wildman–Crippen LogP) is 3.82. The van der Waals surface area contributed by atoms with Gasteiger partial charge in [0.15, 0.2) is 0 Å². The van der Waals surface area contributed by atoms with Crippen LogP contribution in [0.25, 0.3) is 0 Å². The number of carbonyl (C=O) groups excluding carboxylic acids is 3. The van der Waals surface area contributed by atoms with Gasteiger partial charge in [0.05, 0.1) is 23.3 Å². The topological polar surface area (TPSA) is 88.2 Å². The second kappa shape index (κ2) is 12.0. The highest BCUT2D eigenvalue weighted by molar-refractivity contribution is 5.99. The number of ether oxygens (including phenoxy) is 2. The normalized spacial score (nSPS) is 21.1. The predicted molar refractivity (Wildman–Crippen MR) is 135 cm³/mol. The Balaban J connectivity index is 2.00. The molecule has 0 fully saturated rings. The number of nitrogens with one attached hydrogen (secondary N) is 1.